The fourth-order valence-electron chi connectivity index (χ4n) is 4.70. The molecule has 1 aliphatic heterocycles. The molecule has 4 nitrogen and oxygen atoms in total. The number of methoxy groups -OCH3 is 1. The summed E-state index contributed by atoms with van der Waals surface area (Å²) in [5, 5.41) is 11.4. The van der Waals surface area contributed by atoms with Crippen molar-refractivity contribution in [1.29, 1.82) is 0 Å². The Morgan fingerprint density at radius 2 is 1.94 bits per heavy atom. The van der Waals surface area contributed by atoms with Crippen LogP contribution >= 0.6 is 23.2 Å². The van der Waals surface area contributed by atoms with Crippen LogP contribution in [-0.2, 0) is 0 Å². The average Bonchev–Trinajstić information content (AvgIpc) is 2.89. The van der Waals surface area contributed by atoms with E-state index >= 15 is 4.39 Å². The molecule has 1 fully saturated rings. The van der Waals surface area contributed by atoms with E-state index in [1.807, 2.05) is 0 Å². The highest BCUT2D eigenvalue weighted by Gasteiger charge is 2.35. The van der Waals surface area contributed by atoms with Gasteiger partial charge in [0.2, 0.25) is 0 Å². The first-order valence-electron chi connectivity index (χ1n) is 11.9. The van der Waals surface area contributed by atoms with Gasteiger partial charge in [0.25, 0.3) is 0 Å². The first-order chi connectivity index (χ1) is 17.3. The van der Waals surface area contributed by atoms with Crippen LogP contribution in [0.25, 0.3) is 10.9 Å². The predicted molar refractivity (Wildman–Crippen MR) is 140 cm³/mol. The summed E-state index contributed by atoms with van der Waals surface area (Å²) in [5.41, 5.74) is 1.32. The number of ether oxygens (including phenoxy) is 1. The van der Waals surface area contributed by atoms with E-state index in [0.29, 0.717) is 45.8 Å². The highest BCUT2D eigenvalue weighted by atomic mass is 35.5. The van der Waals surface area contributed by atoms with Gasteiger partial charge >= 0.3 is 0 Å². The molecular weight excluding hydrogens is 505 g/mol. The van der Waals surface area contributed by atoms with Crippen LogP contribution in [0, 0.1) is 23.1 Å². The third-order valence-electron chi connectivity index (χ3n) is 7.02. The summed E-state index contributed by atoms with van der Waals surface area (Å²) in [6, 6.07) is 9.49. The zero-order valence-corrected chi connectivity index (χ0v) is 21.5. The molecule has 0 spiro atoms. The van der Waals surface area contributed by atoms with E-state index in [0.717, 1.165) is 25.9 Å². The maximum Gasteiger partial charge on any atom is 0.127 e. The maximum atomic E-state index is 15.6. The number of piperidine rings is 1. The molecule has 0 radical (unpaired) electrons. The Bertz CT molecular complexity index is 1280. The summed E-state index contributed by atoms with van der Waals surface area (Å²) in [7, 11) is 1.56. The van der Waals surface area contributed by atoms with Crippen LogP contribution in [0.4, 0.5) is 8.78 Å². The SMILES string of the molecule is COc1ccc2ncc(Cl)c(C(F)CCC3(CO)CCN(CC#Cc4ccc(F)cc4Cl)CC3)c2c1. The van der Waals surface area contributed by atoms with E-state index < -0.39 is 12.0 Å². The molecule has 2 heterocycles. The van der Waals surface area contributed by atoms with Gasteiger partial charge in [-0.3, -0.25) is 9.88 Å². The Balaban J connectivity index is 1.38. The summed E-state index contributed by atoms with van der Waals surface area (Å²) < 4.78 is 34.1. The number of fused-ring (bicyclic) bond motifs is 1. The van der Waals surface area contributed by atoms with E-state index in [4.69, 9.17) is 27.9 Å². The van der Waals surface area contributed by atoms with Gasteiger partial charge in [0.15, 0.2) is 0 Å². The first kappa shape index (κ1) is 26.6. The van der Waals surface area contributed by atoms with Gasteiger partial charge in [0.1, 0.15) is 17.7 Å². The fourth-order valence-corrected chi connectivity index (χ4v) is 5.18. The Labute approximate surface area is 220 Å². The van der Waals surface area contributed by atoms with Gasteiger partial charge in [-0.25, -0.2) is 8.78 Å². The van der Waals surface area contributed by atoms with Crippen molar-refractivity contribution < 1.29 is 18.6 Å². The van der Waals surface area contributed by atoms with Crippen molar-refractivity contribution in [2.24, 2.45) is 5.41 Å². The highest BCUT2D eigenvalue weighted by molar-refractivity contribution is 6.32. The Hall–Kier alpha value is -2.43. The summed E-state index contributed by atoms with van der Waals surface area (Å²) >= 11 is 12.4. The number of alkyl halides is 1. The third-order valence-corrected chi connectivity index (χ3v) is 7.63. The fraction of sp³-hybridized carbons (Fsp3) is 0.393. The lowest BCUT2D eigenvalue weighted by Crippen LogP contribution is -2.42. The zero-order chi connectivity index (χ0) is 25.7. The lowest BCUT2D eigenvalue weighted by molar-refractivity contribution is 0.0344. The molecule has 1 aliphatic rings. The quantitative estimate of drug-likeness (QED) is 0.348. The molecule has 3 aromatic rings. The summed E-state index contributed by atoms with van der Waals surface area (Å²) in [4.78, 5) is 6.50. The number of aliphatic hydroxyl groups excluding tert-OH is 1. The number of benzene rings is 2. The topological polar surface area (TPSA) is 45.6 Å². The second-order valence-corrected chi connectivity index (χ2v) is 10.1. The number of aliphatic hydroxyl groups is 1. The molecular formula is C28H28Cl2F2N2O2. The van der Waals surface area contributed by atoms with Crippen LogP contribution in [-0.4, -0.2) is 48.3 Å². The van der Waals surface area contributed by atoms with Gasteiger partial charge in [-0.2, -0.15) is 0 Å². The summed E-state index contributed by atoms with van der Waals surface area (Å²) in [6.45, 7) is 2.05. The van der Waals surface area contributed by atoms with Crippen molar-refractivity contribution in [3.05, 3.63) is 69.6 Å². The highest BCUT2D eigenvalue weighted by Crippen LogP contribution is 2.41. The van der Waals surface area contributed by atoms with Crippen molar-refractivity contribution in [3.8, 4) is 17.6 Å². The third kappa shape index (κ3) is 6.10. The normalized spacial score (nSPS) is 16.4. The summed E-state index contributed by atoms with van der Waals surface area (Å²) in [5.74, 6) is 6.31. The van der Waals surface area contributed by atoms with Crippen LogP contribution in [0.3, 0.4) is 0 Å². The molecule has 2 aromatic carbocycles. The van der Waals surface area contributed by atoms with E-state index in [1.165, 1.54) is 18.3 Å². The van der Waals surface area contributed by atoms with E-state index in [1.54, 1.807) is 31.4 Å². The second kappa shape index (κ2) is 11.7. The molecule has 1 unspecified atom stereocenters. The van der Waals surface area contributed by atoms with Gasteiger partial charge in [-0.05, 0) is 80.6 Å². The lowest BCUT2D eigenvalue weighted by atomic mass is 9.74. The number of likely N-dealkylation sites (tertiary alicyclic amines) is 1. The molecule has 190 valence electrons. The van der Waals surface area contributed by atoms with Crippen molar-refractivity contribution in [1.82, 2.24) is 9.88 Å². The van der Waals surface area contributed by atoms with Crippen molar-refractivity contribution in [2.45, 2.75) is 31.9 Å². The monoisotopic (exact) mass is 532 g/mol. The van der Waals surface area contributed by atoms with Crippen LogP contribution < -0.4 is 4.74 Å². The molecule has 0 aliphatic carbocycles. The number of hydrogen-bond donors (Lipinski definition) is 1. The standard InChI is InChI=1S/C28H28Cl2F2N2O2/c1-36-21-6-7-26-22(16-21)27(24(30)17-33-26)25(32)8-9-28(18-35)10-13-34(14-11-28)12-2-3-19-4-5-20(31)15-23(19)29/h4-7,15-17,25,35H,8-14,18H2,1H3. The predicted octanol–water partition coefficient (Wildman–Crippen LogP) is 6.61. The van der Waals surface area contributed by atoms with Crippen LogP contribution in [0.2, 0.25) is 10.0 Å². The molecule has 36 heavy (non-hydrogen) atoms. The van der Waals surface area contributed by atoms with E-state index in [-0.39, 0.29) is 23.5 Å². The van der Waals surface area contributed by atoms with Gasteiger partial charge in [-0.1, -0.05) is 35.0 Å². The molecule has 8 heteroatoms. The van der Waals surface area contributed by atoms with Gasteiger partial charge < -0.3 is 9.84 Å². The number of rotatable bonds is 7. The van der Waals surface area contributed by atoms with Crippen LogP contribution in [0.15, 0.2) is 42.6 Å². The second-order valence-electron chi connectivity index (χ2n) is 9.27. The minimum absolute atomic E-state index is 0.00305. The number of halogens is 4. The summed E-state index contributed by atoms with van der Waals surface area (Å²) in [6.07, 6.45) is 2.47. The van der Waals surface area contributed by atoms with Crippen molar-refractivity contribution in [3.63, 3.8) is 0 Å². The molecule has 1 aromatic heterocycles. The van der Waals surface area contributed by atoms with E-state index in [9.17, 15) is 9.50 Å². The Morgan fingerprint density at radius 3 is 2.64 bits per heavy atom. The number of aromatic nitrogens is 1. The maximum absolute atomic E-state index is 15.6. The van der Waals surface area contributed by atoms with Crippen LogP contribution in [0.5, 0.6) is 5.75 Å². The first-order valence-corrected chi connectivity index (χ1v) is 12.6. The molecule has 4 rings (SSSR count). The number of nitrogens with zero attached hydrogens (tertiary/aromatic N) is 2. The molecule has 1 N–H and O–H groups in total. The molecule has 0 bridgehead atoms. The smallest absolute Gasteiger partial charge is 0.127 e. The Kier molecular flexibility index (Phi) is 8.69. The van der Waals surface area contributed by atoms with Gasteiger partial charge in [0, 0.05) is 29.3 Å². The number of hydrogen-bond acceptors (Lipinski definition) is 4. The largest absolute Gasteiger partial charge is 0.497 e. The minimum Gasteiger partial charge on any atom is -0.497 e. The minimum atomic E-state index is -1.29. The van der Waals surface area contributed by atoms with E-state index in [2.05, 4.69) is 21.7 Å². The molecule has 0 saturated carbocycles. The molecule has 1 saturated heterocycles. The molecule has 0 amide bonds. The lowest BCUT2D eigenvalue weighted by Gasteiger charge is -2.40. The van der Waals surface area contributed by atoms with Gasteiger partial charge in [-0.15, -0.1) is 0 Å². The average molecular weight is 533 g/mol. The van der Waals surface area contributed by atoms with Gasteiger partial charge in [0.05, 0.1) is 29.2 Å². The molecule has 1 atom stereocenters. The number of pyridine rings is 1. The van der Waals surface area contributed by atoms with Crippen LogP contribution in [0.1, 0.15) is 43.0 Å². The Morgan fingerprint density at radius 1 is 1.17 bits per heavy atom. The zero-order valence-electron chi connectivity index (χ0n) is 20.0. The van der Waals surface area contributed by atoms with Crippen molar-refractivity contribution >= 4 is 34.1 Å². The van der Waals surface area contributed by atoms with Crippen molar-refractivity contribution in [2.75, 3.05) is 33.4 Å².